The number of nitrogens with zero attached hydrogens (tertiary/aromatic N) is 5. The summed E-state index contributed by atoms with van der Waals surface area (Å²) in [4.78, 5) is 33.5. The molecule has 0 aliphatic carbocycles. The van der Waals surface area contributed by atoms with Crippen molar-refractivity contribution in [3.63, 3.8) is 0 Å². The fourth-order valence-corrected chi connectivity index (χ4v) is 4.13. The Hall–Kier alpha value is -4.27. The first-order valence-corrected chi connectivity index (χ1v) is 12.5. The van der Waals surface area contributed by atoms with E-state index in [-0.39, 0.29) is 18.4 Å². The molecule has 0 saturated heterocycles. The van der Waals surface area contributed by atoms with Crippen LogP contribution in [0.1, 0.15) is 38.8 Å². The monoisotopic (exact) mass is 500 g/mol. The lowest BCUT2D eigenvalue weighted by molar-refractivity contribution is -0.127. The maximum atomic E-state index is 14.1. The Labute approximate surface area is 216 Å². The average molecular weight is 501 g/mol. The van der Waals surface area contributed by atoms with Gasteiger partial charge in [0.15, 0.2) is 0 Å². The van der Waals surface area contributed by atoms with Crippen molar-refractivity contribution in [2.45, 2.75) is 39.8 Å². The minimum absolute atomic E-state index is 0.114. The van der Waals surface area contributed by atoms with E-state index in [4.69, 9.17) is 4.74 Å². The zero-order valence-corrected chi connectivity index (χ0v) is 21.4. The molecule has 9 nitrogen and oxygen atoms in total. The molecule has 0 saturated carbocycles. The van der Waals surface area contributed by atoms with Gasteiger partial charge in [0.25, 0.3) is 0 Å². The van der Waals surface area contributed by atoms with Gasteiger partial charge in [-0.1, -0.05) is 49.4 Å². The van der Waals surface area contributed by atoms with Crippen LogP contribution in [0.15, 0.2) is 73.1 Å². The fourth-order valence-electron chi connectivity index (χ4n) is 4.13. The number of ether oxygens (including phenoxy) is 1. The number of amides is 2. The molecule has 0 spiro atoms. The summed E-state index contributed by atoms with van der Waals surface area (Å²) < 4.78 is 7.42. The lowest BCUT2D eigenvalue weighted by atomic mass is 10.0. The molecule has 2 aromatic heterocycles. The molecule has 37 heavy (non-hydrogen) atoms. The third-order valence-corrected chi connectivity index (χ3v) is 5.93. The van der Waals surface area contributed by atoms with Crippen LogP contribution in [-0.2, 0) is 16.1 Å². The number of aromatic nitrogens is 4. The van der Waals surface area contributed by atoms with Crippen LogP contribution >= 0.6 is 0 Å². The van der Waals surface area contributed by atoms with E-state index in [1.54, 1.807) is 41.3 Å². The molecule has 1 N–H and O–H groups in total. The third kappa shape index (κ3) is 6.11. The molecule has 2 heterocycles. The van der Waals surface area contributed by atoms with Gasteiger partial charge in [0.1, 0.15) is 23.9 Å². The van der Waals surface area contributed by atoms with Crippen LogP contribution in [0.2, 0.25) is 0 Å². The van der Waals surface area contributed by atoms with Crippen molar-refractivity contribution in [3.05, 3.63) is 78.6 Å². The summed E-state index contributed by atoms with van der Waals surface area (Å²) in [7, 11) is 0. The predicted molar refractivity (Wildman–Crippen MR) is 142 cm³/mol. The molecule has 0 radical (unpaired) electrons. The highest BCUT2D eigenvalue weighted by Crippen LogP contribution is 2.35. The Kier molecular flexibility index (Phi) is 8.45. The zero-order valence-electron chi connectivity index (χ0n) is 21.4. The Balaban J connectivity index is 1.79. The Morgan fingerprint density at radius 1 is 1.05 bits per heavy atom. The number of pyridine rings is 1. The van der Waals surface area contributed by atoms with Crippen molar-refractivity contribution in [2.75, 3.05) is 18.1 Å². The molecule has 1 atom stereocenters. The molecule has 0 fully saturated rings. The summed E-state index contributed by atoms with van der Waals surface area (Å²) in [6, 6.07) is 17.3. The van der Waals surface area contributed by atoms with Gasteiger partial charge in [-0.05, 0) is 49.6 Å². The van der Waals surface area contributed by atoms with Gasteiger partial charge in [-0.25, -0.2) is 4.68 Å². The van der Waals surface area contributed by atoms with E-state index in [2.05, 4.69) is 34.5 Å². The first kappa shape index (κ1) is 25.8. The molecule has 0 aliphatic heterocycles. The maximum Gasteiger partial charge on any atom is 0.249 e. The van der Waals surface area contributed by atoms with Crippen LogP contribution in [0.5, 0.6) is 5.75 Å². The number of hydrogen-bond donors (Lipinski definition) is 1. The van der Waals surface area contributed by atoms with E-state index in [9.17, 15) is 9.59 Å². The van der Waals surface area contributed by atoms with Gasteiger partial charge >= 0.3 is 0 Å². The van der Waals surface area contributed by atoms with Gasteiger partial charge in [-0.3, -0.25) is 19.5 Å². The molecule has 4 aromatic rings. The van der Waals surface area contributed by atoms with E-state index in [1.165, 1.54) is 4.90 Å². The van der Waals surface area contributed by atoms with E-state index in [0.29, 0.717) is 41.6 Å². The number of benzene rings is 2. The van der Waals surface area contributed by atoms with E-state index < -0.39 is 6.04 Å². The van der Waals surface area contributed by atoms with Gasteiger partial charge in [0.05, 0.1) is 17.8 Å². The van der Waals surface area contributed by atoms with E-state index in [1.807, 2.05) is 43.3 Å². The molecule has 2 aromatic carbocycles. The second-order valence-electron chi connectivity index (χ2n) is 9.06. The number of carbonyl (C=O) groups excluding carboxylic acids is 2. The molecule has 1 unspecified atom stereocenters. The van der Waals surface area contributed by atoms with Crippen molar-refractivity contribution in [3.8, 4) is 5.75 Å². The first-order chi connectivity index (χ1) is 18.0. The molecular formula is C28H32N6O3. The van der Waals surface area contributed by atoms with Crippen LogP contribution in [0.25, 0.3) is 11.0 Å². The molecule has 4 rings (SSSR count). The number of anilines is 1. The number of nitrogens with one attached hydrogen (secondary N) is 1. The second-order valence-corrected chi connectivity index (χ2v) is 9.06. The number of para-hydroxylation sites is 3. The summed E-state index contributed by atoms with van der Waals surface area (Å²) in [6.45, 7) is 6.86. The lowest BCUT2D eigenvalue weighted by Gasteiger charge is -2.32. The van der Waals surface area contributed by atoms with Crippen molar-refractivity contribution >= 4 is 28.5 Å². The van der Waals surface area contributed by atoms with Crippen LogP contribution in [-0.4, -0.2) is 44.9 Å². The van der Waals surface area contributed by atoms with Crippen LogP contribution in [0.4, 0.5) is 5.69 Å². The van der Waals surface area contributed by atoms with Crippen molar-refractivity contribution in [1.82, 2.24) is 25.3 Å². The molecular weight excluding hydrogens is 468 g/mol. The number of fused-ring (bicyclic) bond motifs is 1. The highest BCUT2D eigenvalue weighted by atomic mass is 16.5. The molecule has 0 bridgehead atoms. The average Bonchev–Trinajstić information content (AvgIpc) is 3.30. The second kappa shape index (κ2) is 12.1. The topological polar surface area (TPSA) is 102 Å². The summed E-state index contributed by atoms with van der Waals surface area (Å²) in [6.07, 6.45) is 4.07. The molecule has 192 valence electrons. The van der Waals surface area contributed by atoms with Gasteiger partial charge in [-0.15, -0.1) is 5.10 Å². The van der Waals surface area contributed by atoms with Crippen molar-refractivity contribution < 1.29 is 14.3 Å². The quantitative estimate of drug-likeness (QED) is 0.332. The summed E-state index contributed by atoms with van der Waals surface area (Å²) in [5, 5.41) is 11.4. The van der Waals surface area contributed by atoms with Gasteiger partial charge in [0, 0.05) is 24.5 Å². The van der Waals surface area contributed by atoms with Crippen LogP contribution in [0, 0.1) is 5.92 Å². The first-order valence-electron chi connectivity index (χ1n) is 12.5. The van der Waals surface area contributed by atoms with Gasteiger partial charge < -0.3 is 10.1 Å². The minimum atomic E-state index is -0.968. The Bertz CT molecular complexity index is 1340. The predicted octanol–water partition coefficient (Wildman–Crippen LogP) is 4.16. The minimum Gasteiger partial charge on any atom is -0.492 e. The number of carbonyl (C=O) groups is 2. The van der Waals surface area contributed by atoms with Gasteiger partial charge in [-0.2, -0.15) is 0 Å². The van der Waals surface area contributed by atoms with Crippen LogP contribution in [0.3, 0.4) is 0 Å². The summed E-state index contributed by atoms with van der Waals surface area (Å²) in [5.41, 5.74) is 2.50. The fraction of sp³-hybridized carbons (Fsp3) is 0.321. The van der Waals surface area contributed by atoms with E-state index in [0.717, 1.165) is 11.9 Å². The summed E-state index contributed by atoms with van der Waals surface area (Å²) in [5.74, 6) is 0.298. The highest BCUT2D eigenvalue weighted by molar-refractivity contribution is 6.02. The summed E-state index contributed by atoms with van der Waals surface area (Å²) >= 11 is 0. The highest BCUT2D eigenvalue weighted by Gasteiger charge is 2.35. The normalized spacial score (nSPS) is 11.9. The van der Waals surface area contributed by atoms with E-state index >= 15 is 0 Å². The Morgan fingerprint density at radius 2 is 1.84 bits per heavy atom. The van der Waals surface area contributed by atoms with Crippen LogP contribution < -0.4 is 15.0 Å². The number of rotatable bonds is 11. The maximum absolute atomic E-state index is 14.1. The third-order valence-electron chi connectivity index (χ3n) is 5.93. The largest absolute Gasteiger partial charge is 0.492 e. The molecule has 2 amide bonds. The smallest absolute Gasteiger partial charge is 0.249 e. The van der Waals surface area contributed by atoms with Crippen molar-refractivity contribution in [2.24, 2.45) is 5.92 Å². The lowest BCUT2D eigenvalue weighted by Crippen LogP contribution is -2.45. The number of hydrogen-bond acceptors (Lipinski definition) is 6. The molecule has 9 heteroatoms. The SMILES string of the molecule is CCOc1ccccc1N(C(=O)Cn1nnc2ccccc21)C(C(=O)NCCC(C)C)c1cccnc1. The van der Waals surface area contributed by atoms with Crippen molar-refractivity contribution in [1.29, 1.82) is 0 Å². The standard InChI is InChI=1S/C28H32N6O3/c1-4-37-25-14-8-7-13-24(25)34(26(35)19-33-23-12-6-5-11-22(23)31-32-33)27(21-10-9-16-29-18-21)28(36)30-17-15-20(2)3/h5-14,16,18,20,27H,4,15,17,19H2,1-3H3,(H,30,36). The van der Waals surface area contributed by atoms with Gasteiger partial charge in [0.2, 0.25) is 11.8 Å². The Morgan fingerprint density at radius 3 is 2.59 bits per heavy atom. The zero-order chi connectivity index (χ0) is 26.2. The molecule has 0 aliphatic rings.